The van der Waals surface area contributed by atoms with Gasteiger partial charge in [-0.05, 0) is 17.7 Å². The zero-order chi connectivity index (χ0) is 17.2. The number of phenolic OH excluding ortho intramolecular Hbond substituents is 1. The molecular weight excluding hydrogens is 306 g/mol. The van der Waals surface area contributed by atoms with Crippen LogP contribution in [0.25, 0.3) is 0 Å². The molecule has 0 aliphatic rings. The second-order valence-corrected chi connectivity index (χ2v) is 4.92. The molecule has 0 heterocycles. The quantitative estimate of drug-likeness (QED) is 0.655. The van der Waals surface area contributed by atoms with Crippen LogP contribution < -0.4 is 10.1 Å². The number of alkyl carbamates (subject to hydrolysis) is 1. The Balaban J connectivity index is 1.72. The molecular formula is C19H19NO4. The Kier molecular flexibility index (Phi) is 6.54. The topological polar surface area (TPSA) is 67.8 Å². The van der Waals surface area contributed by atoms with Crippen molar-refractivity contribution in [1.29, 1.82) is 0 Å². The van der Waals surface area contributed by atoms with Gasteiger partial charge in [-0.3, -0.25) is 0 Å². The second kappa shape index (κ2) is 9.11. The van der Waals surface area contributed by atoms with E-state index in [1.807, 2.05) is 30.3 Å². The lowest BCUT2D eigenvalue weighted by molar-refractivity contribution is 0.140. The van der Waals surface area contributed by atoms with Gasteiger partial charge in [-0.25, -0.2) is 4.79 Å². The van der Waals surface area contributed by atoms with Crippen LogP contribution in [0, 0.1) is 11.8 Å². The van der Waals surface area contributed by atoms with Gasteiger partial charge in [-0.2, -0.15) is 0 Å². The third kappa shape index (κ3) is 5.58. The van der Waals surface area contributed by atoms with E-state index in [0.717, 1.165) is 5.56 Å². The maximum absolute atomic E-state index is 11.6. The number of nitrogens with one attached hydrogen (secondary N) is 1. The summed E-state index contributed by atoms with van der Waals surface area (Å²) >= 11 is 0. The zero-order valence-corrected chi connectivity index (χ0v) is 13.4. The van der Waals surface area contributed by atoms with Gasteiger partial charge >= 0.3 is 6.09 Å². The summed E-state index contributed by atoms with van der Waals surface area (Å²) in [4.78, 5) is 11.6. The molecule has 0 bridgehead atoms. The van der Waals surface area contributed by atoms with Gasteiger partial charge in [0.15, 0.2) is 0 Å². The number of carbonyl (C=O) groups excluding carboxylic acids is 1. The van der Waals surface area contributed by atoms with Crippen LogP contribution in [0.4, 0.5) is 4.79 Å². The average Bonchev–Trinajstić information content (AvgIpc) is 2.61. The molecule has 0 radical (unpaired) electrons. The van der Waals surface area contributed by atoms with Crippen LogP contribution in [-0.4, -0.2) is 24.9 Å². The highest BCUT2D eigenvalue weighted by Crippen LogP contribution is 2.22. The fourth-order valence-corrected chi connectivity index (χ4v) is 1.94. The van der Waals surface area contributed by atoms with Gasteiger partial charge in [0.1, 0.15) is 18.1 Å². The van der Waals surface area contributed by atoms with Crippen molar-refractivity contribution in [3.63, 3.8) is 0 Å². The maximum atomic E-state index is 11.6. The minimum Gasteiger partial charge on any atom is -0.508 e. The number of amides is 1. The number of aromatic hydroxyl groups is 1. The fraction of sp³-hybridized carbons (Fsp3) is 0.211. The van der Waals surface area contributed by atoms with Crippen molar-refractivity contribution in [1.82, 2.24) is 5.32 Å². The summed E-state index contributed by atoms with van der Waals surface area (Å²) in [6.45, 7) is 0.629. The summed E-state index contributed by atoms with van der Waals surface area (Å²) in [5.41, 5.74) is 1.62. The van der Waals surface area contributed by atoms with Gasteiger partial charge in [-0.15, -0.1) is 0 Å². The number of rotatable bonds is 5. The monoisotopic (exact) mass is 325 g/mol. The molecule has 0 unspecified atom stereocenters. The second-order valence-electron chi connectivity index (χ2n) is 4.92. The summed E-state index contributed by atoms with van der Waals surface area (Å²) in [7, 11) is 1.52. The van der Waals surface area contributed by atoms with Crippen LogP contribution in [0.3, 0.4) is 0 Å². The molecule has 0 fully saturated rings. The Morgan fingerprint density at radius 2 is 2.00 bits per heavy atom. The van der Waals surface area contributed by atoms with Gasteiger partial charge in [0.2, 0.25) is 0 Å². The lowest BCUT2D eigenvalue weighted by atomic mass is 10.2. The molecule has 0 spiro atoms. The smallest absolute Gasteiger partial charge is 0.407 e. The van der Waals surface area contributed by atoms with Crippen molar-refractivity contribution >= 4 is 6.09 Å². The molecule has 0 aromatic heterocycles. The van der Waals surface area contributed by atoms with Gasteiger partial charge in [-0.1, -0.05) is 42.2 Å². The minimum absolute atomic E-state index is 0.125. The van der Waals surface area contributed by atoms with E-state index >= 15 is 0 Å². The predicted octanol–water partition coefficient (Wildman–Crippen LogP) is 3.07. The van der Waals surface area contributed by atoms with Gasteiger partial charge < -0.3 is 19.9 Å². The van der Waals surface area contributed by atoms with Crippen LogP contribution in [0.5, 0.6) is 11.5 Å². The van der Waals surface area contributed by atoms with Crippen LogP contribution in [-0.2, 0) is 11.3 Å². The number of hydrogen-bond donors (Lipinski definition) is 2. The Bertz CT molecular complexity index is 732. The van der Waals surface area contributed by atoms with Crippen LogP contribution in [0.2, 0.25) is 0 Å². The third-order valence-corrected chi connectivity index (χ3v) is 3.14. The molecule has 5 heteroatoms. The molecule has 2 rings (SSSR count). The van der Waals surface area contributed by atoms with Crippen molar-refractivity contribution in [3.05, 3.63) is 59.7 Å². The van der Waals surface area contributed by atoms with Crippen molar-refractivity contribution in [2.24, 2.45) is 0 Å². The lowest BCUT2D eigenvalue weighted by Crippen LogP contribution is -2.24. The minimum atomic E-state index is -0.470. The largest absolute Gasteiger partial charge is 0.508 e. The van der Waals surface area contributed by atoms with E-state index in [9.17, 15) is 9.90 Å². The van der Waals surface area contributed by atoms with Gasteiger partial charge in [0.25, 0.3) is 0 Å². The zero-order valence-electron chi connectivity index (χ0n) is 13.4. The van der Waals surface area contributed by atoms with Gasteiger partial charge in [0.05, 0.1) is 12.7 Å². The predicted molar refractivity (Wildman–Crippen MR) is 90.8 cm³/mol. The Morgan fingerprint density at radius 1 is 1.21 bits per heavy atom. The van der Waals surface area contributed by atoms with Crippen LogP contribution in [0.15, 0.2) is 48.5 Å². The highest BCUT2D eigenvalue weighted by Gasteiger charge is 2.02. The van der Waals surface area contributed by atoms with Gasteiger partial charge in [0, 0.05) is 19.0 Å². The number of methoxy groups -OCH3 is 1. The Morgan fingerprint density at radius 3 is 2.75 bits per heavy atom. The molecule has 2 aromatic carbocycles. The number of ether oxygens (including phenoxy) is 2. The third-order valence-electron chi connectivity index (χ3n) is 3.14. The van der Waals surface area contributed by atoms with E-state index in [2.05, 4.69) is 17.2 Å². The molecule has 2 aromatic rings. The van der Waals surface area contributed by atoms with E-state index in [0.29, 0.717) is 24.3 Å². The number of benzene rings is 2. The average molecular weight is 325 g/mol. The van der Waals surface area contributed by atoms with E-state index in [-0.39, 0.29) is 12.4 Å². The van der Waals surface area contributed by atoms with E-state index in [4.69, 9.17) is 9.47 Å². The summed E-state index contributed by atoms with van der Waals surface area (Å²) in [6.07, 6.45) is 0.00709. The highest BCUT2D eigenvalue weighted by atomic mass is 16.5. The maximum Gasteiger partial charge on any atom is 0.407 e. The summed E-state index contributed by atoms with van der Waals surface area (Å²) in [5.74, 6) is 6.52. The van der Waals surface area contributed by atoms with E-state index in [1.54, 1.807) is 12.1 Å². The summed E-state index contributed by atoms with van der Waals surface area (Å²) in [6, 6.07) is 14.2. The molecule has 2 N–H and O–H groups in total. The van der Waals surface area contributed by atoms with Crippen molar-refractivity contribution in [3.8, 4) is 23.3 Å². The molecule has 24 heavy (non-hydrogen) atoms. The van der Waals surface area contributed by atoms with E-state index < -0.39 is 6.09 Å². The molecule has 0 saturated heterocycles. The molecule has 0 saturated carbocycles. The first-order valence-corrected chi connectivity index (χ1v) is 7.49. The van der Waals surface area contributed by atoms with Crippen LogP contribution >= 0.6 is 0 Å². The molecule has 5 nitrogen and oxygen atoms in total. The first-order chi connectivity index (χ1) is 11.7. The van der Waals surface area contributed by atoms with Crippen molar-refractivity contribution < 1.29 is 19.4 Å². The highest BCUT2D eigenvalue weighted by molar-refractivity contribution is 5.67. The molecule has 0 aliphatic carbocycles. The van der Waals surface area contributed by atoms with Crippen LogP contribution in [0.1, 0.15) is 17.5 Å². The SMILES string of the molecule is COc1cc(O)ccc1C#CCCNC(=O)OCc1ccccc1. The van der Waals surface area contributed by atoms with Crippen molar-refractivity contribution in [2.75, 3.05) is 13.7 Å². The first kappa shape index (κ1) is 17.2. The standard InChI is InChI=1S/C19H19NO4/c1-23-18-13-17(21)11-10-16(18)9-5-6-12-20-19(22)24-14-15-7-3-2-4-8-15/h2-4,7-8,10-11,13,21H,6,12,14H2,1H3,(H,20,22). The number of phenols is 1. The summed E-state index contributed by atoms with van der Waals surface area (Å²) in [5, 5.41) is 12.0. The fourth-order valence-electron chi connectivity index (χ4n) is 1.94. The first-order valence-electron chi connectivity index (χ1n) is 7.49. The molecule has 1 amide bonds. The Hall–Kier alpha value is -3.13. The summed E-state index contributed by atoms with van der Waals surface area (Å²) < 4.78 is 10.2. The van der Waals surface area contributed by atoms with E-state index in [1.165, 1.54) is 13.2 Å². The lowest BCUT2D eigenvalue weighted by Gasteiger charge is -2.05. The Labute approximate surface area is 141 Å². The number of hydrogen-bond acceptors (Lipinski definition) is 4. The molecule has 0 atom stereocenters. The molecule has 0 aliphatic heterocycles. The number of carbonyl (C=O) groups is 1. The van der Waals surface area contributed by atoms with Crippen molar-refractivity contribution in [2.45, 2.75) is 13.0 Å². The molecule has 124 valence electrons. The normalized spacial score (nSPS) is 9.54.